The molecule has 2 atom stereocenters. The van der Waals surface area contributed by atoms with Crippen molar-refractivity contribution in [1.82, 2.24) is 4.90 Å². The molecule has 3 rings (SSSR count). The average Bonchev–Trinajstić information content (AvgIpc) is 3.19. The molecule has 1 saturated carbocycles. The molecule has 102 valence electrons. The van der Waals surface area contributed by atoms with E-state index in [9.17, 15) is 0 Å². The molecular weight excluding hydrogens is 230 g/mol. The molecule has 1 aromatic carbocycles. The van der Waals surface area contributed by atoms with Crippen LogP contribution >= 0.6 is 0 Å². The summed E-state index contributed by atoms with van der Waals surface area (Å²) in [5.74, 6) is 0.999. The molecule has 1 aliphatic heterocycles. The average molecular weight is 255 g/mol. The van der Waals surface area contributed by atoms with E-state index in [1.54, 1.807) is 0 Å². The number of hydrogen-bond acceptors (Lipinski definition) is 1. The van der Waals surface area contributed by atoms with Gasteiger partial charge in [0.1, 0.15) is 0 Å². The molecule has 1 aliphatic carbocycles. The Hall–Kier alpha value is -1.08. The molecule has 0 N–H and O–H groups in total. The maximum Gasteiger partial charge on any atom is 0.0133 e. The first-order valence-electron chi connectivity index (χ1n) is 7.82. The number of likely N-dealkylation sites (tertiary alicyclic amines) is 1. The summed E-state index contributed by atoms with van der Waals surface area (Å²) in [6.45, 7) is 3.76. The number of rotatable bonds is 5. The fourth-order valence-corrected chi connectivity index (χ4v) is 3.42. The lowest BCUT2D eigenvalue weighted by molar-refractivity contribution is 0.174. The Morgan fingerprint density at radius 3 is 2.74 bits per heavy atom. The predicted octanol–water partition coefficient (Wildman–Crippen LogP) is 4.35. The summed E-state index contributed by atoms with van der Waals surface area (Å²) < 4.78 is 0. The van der Waals surface area contributed by atoms with E-state index < -0.39 is 0 Å². The highest BCUT2D eigenvalue weighted by Gasteiger charge is 2.36. The third kappa shape index (κ3) is 3.27. The Balaban J connectivity index is 1.55. The number of benzene rings is 1. The van der Waals surface area contributed by atoms with Crippen molar-refractivity contribution in [3.63, 3.8) is 0 Å². The first-order chi connectivity index (χ1) is 9.34. The van der Waals surface area contributed by atoms with E-state index in [2.05, 4.69) is 54.3 Å². The number of nitrogens with zero attached hydrogens (tertiary/aromatic N) is 1. The van der Waals surface area contributed by atoms with Crippen molar-refractivity contribution >= 4 is 6.08 Å². The molecule has 0 bridgehead atoms. The molecule has 2 unspecified atom stereocenters. The molecule has 2 fully saturated rings. The minimum atomic E-state index is 0.788. The first kappa shape index (κ1) is 12.9. The van der Waals surface area contributed by atoms with Gasteiger partial charge in [-0.1, -0.05) is 42.5 Å². The van der Waals surface area contributed by atoms with Crippen LogP contribution in [0.3, 0.4) is 0 Å². The fourth-order valence-electron chi connectivity index (χ4n) is 3.42. The van der Waals surface area contributed by atoms with Crippen molar-refractivity contribution in [2.24, 2.45) is 5.92 Å². The van der Waals surface area contributed by atoms with E-state index in [0.717, 1.165) is 18.0 Å². The molecule has 0 spiro atoms. The molecule has 2 aliphatic rings. The summed E-state index contributed by atoms with van der Waals surface area (Å²) in [5.41, 5.74) is 1.32. The van der Waals surface area contributed by atoms with Gasteiger partial charge in [-0.3, -0.25) is 4.90 Å². The van der Waals surface area contributed by atoms with Gasteiger partial charge in [-0.15, -0.1) is 0 Å². The summed E-state index contributed by atoms with van der Waals surface area (Å²) in [6.07, 6.45) is 11.6. The van der Waals surface area contributed by atoms with Crippen molar-refractivity contribution in [1.29, 1.82) is 0 Å². The molecule has 1 aromatic rings. The summed E-state index contributed by atoms with van der Waals surface area (Å²) in [5, 5.41) is 0. The van der Waals surface area contributed by atoms with Gasteiger partial charge in [-0.05, 0) is 57.1 Å². The second kappa shape index (κ2) is 5.92. The molecule has 1 nitrogen and oxygen atoms in total. The molecule has 0 amide bonds. The van der Waals surface area contributed by atoms with Gasteiger partial charge in [0, 0.05) is 12.1 Å². The Labute approximate surface area is 117 Å². The standard InChI is InChI=1S/C18H25N/c1-15(17-12-13-17)19-14-6-11-18(19)10-5-9-16-7-3-2-4-8-16/h2-5,7-9,15,17-18H,6,10-14H2,1H3. The van der Waals surface area contributed by atoms with Crippen LogP contribution in [0, 0.1) is 5.92 Å². The minimum Gasteiger partial charge on any atom is -0.297 e. The SMILES string of the molecule is CC(C1CC1)N1CCCC1CC=Cc1ccccc1. The molecular formula is C18H25N. The van der Waals surface area contributed by atoms with Crippen LogP contribution in [0.1, 0.15) is 44.6 Å². The lowest BCUT2D eigenvalue weighted by atomic mass is 10.1. The Morgan fingerprint density at radius 1 is 1.21 bits per heavy atom. The van der Waals surface area contributed by atoms with Crippen LogP contribution < -0.4 is 0 Å². The van der Waals surface area contributed by atoms with Crippen molar-refractivity contribution in [3.8, 4) is 0 Å². The van der Waals surface area contributed by atoms with Crippen LogP contribution in [0.15, 0.2) is 36.4 Å². The third-order valence-corrected chi connectivity index (χ3v) is 4.77. The highest BCUT2D eigenvalue weighted by Crippen LogP contribution is 2.38. The molecule has 0 radical (unpaired) electrons. The zero-order valence-corrected chi connectivity index (χ0v) is 12.0. The van der Waals surface area contributed by atoms with Crippen molar-refractivity contribution in [2.75, 3.05) is 6.54 Å². The van der Waals surface area contributed by atoms with Gasteiger partial charge in [-0.25, -0.2) is 0 Å². The lowest BCUT2D eigenvalue weighted by Crippen LogP contribution is -2.38. The van der Waals surface area contributed by atoms with Gasteiger partial charge in [0.25, 0.3) is 0 Å². The quantitative estimate of drug-likeness (QED) is 0.756. The zero-order valence-electron chi connectivity index (χ0n) is 12.0. The van der Waals surface area contributed by atoms with E-state index in [1.165, 1.54) is 44.2 Å². The van der Waals surface area contributed by atoms with Gasteiger partial charge >= 0.3 is 0 Å². The maximum atomic E-state index is 2.77. The minimum absolute atomic E-state index is 0.788. The first-order valence-corrected chi connectivity index (χ1v) is 7.82. The topological polar surface area (TPSA) is 3.24 Å². The van der Waals surface area contributed by atoms with E-state index in [4.69, 9.17) is 0 Å². The summed E-state index contributed by atoms with van der Waals surface area (Å²) in [7, 11) is 0. The summed E-state index contributed by atoms with van der Waals surface area (Å²) >= 11 is 0. The summed E-state index contributed by atoms with van der Waals surface area (Å²) in [6, 6.07) is 12.2. The van der Waals surface area contributed by atoms with Gasteiger partial charge in [-0.2, -0.15) is 0 Å². The van der Waals surface area contributed by atoms with Crippen LogP contribution in [-0.2, 0) is 0 Å². The van der Waals surface area contributed by atoms with Crippen molar-refractivity contribution in [2.45, 2.75) is 51.1 Å². The van der Waals surface area contributed by atoms with E-state index in [0.29, 0.717) is 0 Å². The normalized spacial score (nSPS) is 26.1. The molecule has 1 heteroatoms. The van der Waals surface area contributed by atoms with Gasteiger partial charge in [0.05, 0.1) is 0 Å². The van der Waals surface area contributed by atoms with Crippen LogP contribution in [0.2, 0.25) is 0 Å². The molecule has 19 heavy (non-hydrogen) atoms. The maximum absolute atomic E-state index is 2.77. The van der Waals surface area contributed by atoms with Gasteiger partial charge in [0.2, 0.25) is 0 Å². The van der Waals surface area contributed by atoms with E-state index in [-0.39, 0.29) is 0 Å². The van der Waals surface area contributed by atoms with Crippen LogP contribution in [-0.4, -0.2) is 23.5 Å². The van der Waals surface area contributed by atoms with Gasteiger partial charge < -0.3 is 0 Å². The molecule has 0 aromatic heterocycles. The fraction of sp³-hybridized carbons (Fsp3) is 0.556. The monoisotopic (exact) mass is 255 g/mol. The smallest absolute Gasteiger partial charge is 0.0133 e. The van der Waals surface area contributed by atoms with Crippen molar-refractivity contribution in [3.05, 3.63) is 42.0 Å². The lowest BCUT2D eigenvalue weighted by Gasteiger charge is -2.30. The largest absolute Gasteiger partial charge is 0.297 e. The Kier molecular flexibility index (Phi) is 4.03. The Morgan fingerprint density at radius 2 is 2.00 bits per heavy atom. The zero-order chi connectivity index (χ0) is 13.1. The van der Waals surface area contributed by atoms with Crippen LogP contribution in [0.4, 0.5) is 0 Å². The second-order valence-corrected chi connectivity index (χ2v) is 6.16. The second-order valence-electron chi connectivity index (χ2n) is 6.16. The highest BCUT2D eigenvalue weighted by molar-refractivity contribution is 5.48. The van der Waals surface area contributed by atoms with Crippen LogP contribution in [0.25, 0.3) is 6.08 Å². The Bertz CT molecular complexity index is 419. The molecule has 1 saturated heterocycles. The number of hydrogen-bond donors (Lipinski definition) is 0. The van der Waals surface area contributed by atoms with E-state index >= 15 is 0 Å². The molecule has 1 heterocycles. The van der Waals surface area contributed by atoms with Crippen molar-refractivity contribution < 1.29 is 0 Å². The summed E-state index contributed by atoms with van der Waals surface area (Å²) in [4.78, 5) is 2.77. The van der Waals surface area contributed by atoms with Crippen LogP contribution in [0.5, 0.6) is 0 Å². The van der Waals surface area contributed by atoms with Gasteiger partial charge in [0.15, 0.2) is 0 Å². The predicted molar refractivity (Wildman–Crippen MR) is 82.0 cm³/mol. The highest BCUT2D eigenvalue weighted by atomic mass is 15.2. The van der Waals surface area contributed by atoms with E-state index in [1.807, 2.05) is 0 Å². The third-order valence-electron chi connectivity index (χ3n) is 4.77.